The minimum atomic E-state index is 0.411. The maximum absolute atomic E-state index is 5.97. The topological polar surface area (TPSA) is 68.8 Å². The number of nitrogens with zero attached hydrogens (tertiary/aromatic N) is 4. The molecule has 0 amide bonds. The van der Waals surface area contributed by atoms with Gasteiger partial charge in [-0.2, -0.15) is 10.1 Å². The van der Waals surface area contributed by atoms with Gasteiger partial charge < -0.3 is 9.84 Å². The van der Waals surface area contributed by atoms with Gasteiger partial charge in [0.2, 0.25) is 5.82 Å². The summed E-state index contributed by atoms with van der Waals surface area (Å²) in [4.78, 5) is 4.32. The number of hydrogen-bond acceptors (Lipinski definition) is 5. The molecule has 0 aliphatic carbocycles. The standard InChI is InChI=1S/C16H18ClN5O/c1-11-9-12(2)22(20-11)8-4-7-18-16-19-15(21-23-16)13-5-3-6-14(17)10-13/h3,5-6,9-10H,4,7-8H2,1-2H3,(H,18,19,21). The van der Waals surface area contributed by atoms with E-state index < -0.39 is 0 Å². The van der Waals surface area contributed by atoms with Crippen molar-refractivity contribution in [1.29, 1.82) is 0 Å². The van der Waals surface area contributed by atoms with Crippen molar-refractivity contribution >= 4 is 17.6 Å². The van der Waals surface area contributed by atoms with Crippen LogP contribution >= 0.6 is 11.6 Å². The molecule has 3 aromatic rings. The van der Waals surface area contributed by atoms with Crippen LogP contribution in [0.4, 0.5) is 6.01 Å². The van der Waals surface area contributed by atoms with Crippen molar-refractivity contribution < 1.29 is 4.52 Å². The van der Waals surface area contributed by atoms with E-state index in [0.717, 1.165) is 30.8 Å². The molecule has 0 spiro atoms. The number of anilines is 1. The van der Waals surface area contributed by atoms with Gasteiger partial charge >= 0.3 is 6.01 Å². The summed E-state index contributed by atoms with van der Waals surface area (Å²) in [6.45, 7) is 5.64. The number of hydrogen-bond donors (Lipinski definition) is 1. The highest BCUT2D eigenvalue weighted by molar-refractivity contribution is 6.30. The van der Waals surface area contributed by atoms with Crippen molar-refractivity contribution in [3.8, 4) is 11.4 Å². The molecule has 0 fully saturated rings. The zero-order chi connectivity index (χ0) is 16.2. The predicted octanol–water partition coefficient (Wildman–Crippen LogP) is 3.71. The van der Waals surface area contributed by atoms with Crippen LogP contribution in [0.5, 0.6) is 0 Å². The Bertz CT molecular complexity index is 795. The van der Waals surface area contributed by atoms with E-state index in [1.165, 1.54) is 5.69 Å². The van der Waals surface area contributed by atoms with Crippen molar-refractivity contribution in [2.45, 2.75) is 26.8 Å². The average Bonchev–Trinajstić information content (AvgIpc) is 3.10. The lowest BCUT2D eigenvalue weighted by Crippen LogP contribution is -2.09. The second-order valence-corrected chi connectivity index (χ2v) is 5.80. The first-order valence-corrected chi connectivity index (χ1v) is 7.84. The number of benzene rings is 1. The number of aromatic nitrogens is 4. The summed E-state index contributed by atoms with van der Waals surface area (Å²) < 4.78 is 7.20. The molecule has 120 valence electrons. The van der Waals surface area contributed by atoms with Gasteiger partial charge in [-0.05, 0) is 38.5 Å². The molecular formula is C16H18ClN5O. The molecule has 3 rings (SSSR count). The third-order valence-corrected chi connectivity index (χ3v) is 3.67. The maximum Gasteiger partial charge on any atom is 0.321 e. The van der Waals surface area contributed by atoms with Gasteiger partial charge in [-0.3, -0.25) is 4.68 Å². The van der Waals surface area contributed by atoms with E-state index in [0.29, 0.717) is 16.9 Å². The van der Waals surface area contributed by atoms with Crippen LogP contribution in [0, 0.1) is 13.8 Å². The van der Waals surface area contributed by atoms with Gasteiger partial charge in [0.1, 0.15) is 0 Å². The SMILES string of the molecule is Cc1cc(C)n(CCCNc2nc(-c3cccc(Cl)c3)no2)n1. The Morgan fingerprint density at radius 1 is 1.26 bits per heavy atom. The van der Waals surface area contributed by atoms with Crippen LogP contribution < -0.4 is 5.32 Å². The Morgan fingerprint density at radius 3 is 2.87 bits per heavy atom. The van der Waals surface area contributed by atoms with Crippen molar-refractivity contribution in [3.63, 3.8) is 0 Å². The number of nitrogens with one attached hydrogen (secondary N) is 1. The summed E-state index contributed by atoms with van der Waals surface area (Å²) in [5.41, 5.74) is 3.04. The molecule has 2 aromatic heterocycles. The molecule has 7 heteroatoms. The summed E-state index contributed by atoms with van der Waals surface area (Å²) in [5.74, 6) is 0.522. The van der Waals surface area contributed by atoms with Gasteiger partial charge in [0.15, 0.2) is 0 Å². The minimum Gasteiger partial charge on any atom is -0.338 e. The van der Waals surface area contributed by atoms with Crippen LogP contribution in [0.2, 0.25) is 5.02 Å². The largest absolute Gasteiger partial charge is 0.338 e. The molecule has 0 saturated carbocycles. The van der Waals surface area contributed by atoms with E-state index in [9.17, 15) is 0 Å². The first-order chi connectivity index (χ1) is 11.1. The van der Waals surface area contributed by atoms with E-state index in [1.54, 1.807) is 6.07 Å². The monoisotopic (exact) mass is 331 g/mol. The Morgan fingerprint density at radius 2 is 2.13 bits per heavy atom. The molecule has 0 bridgehead atoms. The quantitative estimate of drug-likeness (QED) is 0.697. The van der Waals surface area contributed by atoms with Crippen LogP contribution in [0.25, 0.3) is 11.4 Å². The van der Waals surface area contributed by atoms with Crippen molar-refractivity contribution in [2.24, 2.45) is 0 Å². The Kier molecular flexibility index (Phi) is 4.62. The van der Waals surface area contributed by atoms with Crippen LogP contribution in [-0.4, -0.2) is 26.5 Å². The van der Waals surface area contributed by atoms with Crippen molar-refractivity contribution in [1.82, 2.24) is 19.9 Å². The minimum absolute atomic E-state index is 0.411. The number of aryl methyl sites for hydroxylation is 3. The lowest BCUT2D eigenvalue weighted by atomic mass is 10.2. The molecule has 6 nitrogen and oxygen atoms in total. The van der Waals surface area contributed by atoms with Crippen LogP contribution in [0.1, 0.15) is 17.8 Å². The molecule has 23 heavy (non-hydrogen) atoms. The molecule has 0 radical (unpaired) electrons. The van der Waals surface area contributed by atoms with E-state index in [1.807, 2.05) is 29.8 Å². The third-order valence-electron chi connectivity index (χ3n) is 3.44. The van der Waals surface area contributed by atoms with E-state index in [4.69, 9.17) is 16.1 Å². The Hall–Kier alpha value is -2.34. The lowest BCUT2D eigenvalue weighted by molar-refractivity contribution is 0.430. The van der Waals surface area contributed by atoms with Gasteiger partial charge in [-0.25, -0.2) is 0 Å². The lowest BCUT2D eigenvalue weighted by Gasteiger charge is -2.04. The molecule has 0 aliphatic rings. The number of halogens is 1. The van der Waals surface area contributed by atoms with Crippen LogP contribution in [0.3, 0.4) is 0 Å². The molecule has 2 heterocycles. The molecule has 1 aromatic carbocycles. The average molecular weight is 332 g/mol. The summed E-state index contributed by atoms with van der Waals surface area (Å²) in [6, 6.07) is 9.84. The van der Waals surface area contributed by atoms with E-state index >= 15 is 0 Å². The smallest absolute Gasteiger partial charge is 0.321 e. The van der Waals surface area contributed by atoms with Crippen LogP contribution in [-0.2, 0) is 6.54 Å². The fourth-order valence-electron chi connectivity index (χ4n) is 2.37. The van der Waals surface area contributed by atoms with Gasteiger partial charge in [0, 0.05) is 29.4 Å². The van der Waals surface area contributed by atoms with Gasteiger partial charge in [0.25, 0.3) is 0 Å². The van der Waals surface area contributed by atoms with Gasteiger partial charge in [-0.15, -0.1) is 0 Å². The van der Waals surface area contributed by atoms with E-state index in [-0.39, 0.29) is 0 Å². The molecule has 0 unspecified atom stereocenters. The zero-order valence-electron chi connectivity index (χ0n) is 13.1. The van der Waals surface area contributed by atoms with Crippen molar-refractivity contribution in [3.05, 3.63) is 46.7 Å². The molecular weight excluding hydrogens is 314 g/mol. The zero-order valence-corrected chi connectivity index (χ0v) is 13.8. The summed E-state index contributed by atoms with van der Waals surface area (Å²) in [7, 11) is 0. The first kappa shape index (κ1) is 15.6. The molecule has 1 N–H and O–H groups in total. The highest BCUT2D eigenvalue weighted by atomic mass is 35.5. The molecule has 0 saturated heterocycles. The highest BCUT2D eigenvalue weighted by Crippen LogP contribution is 2.21. The Balaban J connectivity index is 1.52. The Labute approximate surface area is 139 Å². The summed E-state index contributed by atoms with van der Waals surface area (Å²) in [6.07, 6.45) is 0.914. The van der Waals surface area contributed by atoms with E-state index in [2.05, 4.69) is 33.5 Å². The third kappa shape index (κ3) is 3.90. The number of rotatable bonds is 6. The highest BCUT2D eigenvalue weighted by Gasteiger charge is 2.08. The fourth-order valence-corrected chi connectivity index (χ4v) is 2.56. The summed E-state index contributed by atoms with van der Waals surface area (Å²) >= 11 is 5.97. The van der Waals surface area contributed by atoms with Gasteiger partial charge in [0.05, 0.1) is 5.69 Å². The van der Waals surface area contributed by atoms with Crippen molar-refractivity contribution in [2.75, 3.05) is 11.9 Å². The molecule has 0 atom stereocenters. The molecule has 0 aliphatic heterocycles. The second-order valence-electron chi connectivity index (χ2n) is 5.36. The predicted molar refractivity (Wildman–Crippen MR) is 89.6 cm³/mol. The maximum atomic E-state index is 5.97. The first-order valence-electron chi connectivity index (χ1n) is 7.46. The van der Waals surface area contributed by atoms with Crippen LogP contribution in [0.15, 0.2) is 34.9 Å². The second kappa shape index (κ2) is 6.83. The summed E-state index contributed by atoms with van der Waals surface area (Å²) in [5, 5.41) is 12.2. The fraction of sp³-hybridized carbons (Fsp3) is 0.312. The van der Waals surface area contributed by atoms with Gasteiger partial charge in [-0.1, -0.05) is 28.9 Å². The normalized spacial score (nSPS) is 10.9.